The van der Waals surface area contributed by atoms with Gasteiger partial charge in [0, 0.05) is 0 Å². The Morgan fingerprint density at radius 2 is 1.70 bits per heavy atom. The average molecular weight is 270 g/mol. The van der Waals surface area contributed by atoms with Crippen molar-refractivity contribution in [3.63, 3.8) is 0 Å². The van der Waals surface area contributed by atoms with E-state index in [1.165, 1.54) is 12.1 Å². The summed E-state index contributed by atoms with van der Waals surface area (Å²) >= 11 is 0. The van der Waals surface area contributed by atoms with Gasteiger partial charge in [0.25, 0.3) is 5.56 Å². The van der Waals surface area contributed by atoms with Crippen LogP contribution in [0.3, 0.4) is 0 Å². The van der Waals surface area contributed by atoms with Gasteiger partial charge >= 0.3 is 5.69 Å². The van der Waals surface area contributed by atoms with Gasteiger partial charge in [0.1, 0.15) is 5.82 Å². The first-order valence-corrected chi connectivity index (χ1v) is 6.11. The fourth-order valence-corrected chi connectivity index (χ4v) is 2.11. The van der Waals surface area contributed by atoms with Crippen LogP contribution in [0.2, 0.25) is 0 Å². The Labute approximate surface area is 113 Å². The van der Waals surface area contributed by atoms with Gasteiger partial charge in [-0.1, -0.05) is 24.3 Å². The zero-order valence-electron chi connectivity index (χ0n) is 10.5. The third-order valence-corrected chi connectivity index (χ3v) is 3.14. The van der Waals surface area contributed by atoms with E-state index in [9.17, 15) is 14.0 Å². The molecule has 100 valence electrons. The lowest BCUT2D eigenvalue weighted by molar-refractivity contribution is 0.625. The highest BCUT2D eigenvalue weighted by atomic mass is 19.1. The Kier molecular flexibility index (Phi) is 2.95. The molecule has 0 bridgehead atoms. The van der Waals surface area contributed by atoms with Crippen LogP contribution < -0.4 is 11.2 Å². The van der Waals surface area contributed by atoms with Gasteiger partial charge < -0.3 is 4.98 Å². The van der Waals surface area contributed by atoms with Crippen LogP contribution in [0.4, 0.5) is 4.39 Å². The predicted molar refractivity (Wildman–Crippen MR) is 74.3 cm³/mol. The molecule has 0 aliphatic rings. The number of aromatic amines is 1. The van der Waals surface area contributed by atoms with Crippen LogP contribution >= 0.6 is 0 Å². The summed E-state index contributed by atoms with van der Waals surface area (Å²) in [5.74, 6) is -0.353. The minimum atomic E-state index is -0.474. The summed E-state index contributed by atoms with van der Waals surface area (Å²) in [6, 6.07) is 12.5. The van der Waals surface area contributed by atoms with E-state index in [-0.39, 0.29) is 17.9 Å². The van der Waals surface area contributed by atoms with Crippen molar-refractivity contribution in [2.75, 3.05) is 0 Å². The number of para-hydroxylation sites is 1. The van der Waals surface area contributed by atoms with E-state index >= 15 is 0 Å². The molecular formula is C15H11FN2O2. The Balaban J connectivity index is 2.14. The quantitative estimate of drug-likeness (QED) is 0.773. The second-order valence-electron chi connectivity index (χ2n) is 4.49. The molecule has 0 saturated carbocycles. The van der Waals surface area contributed by atoms with Gasteiger partial charge in [0.05, 0.1) is 17.4 Å². The highest BCUT2D eigenvalue weighted by molar-refractivity contribution is 5.76. The van der Waals surface area contributed by atoms with Crippen molar-refractivity contribution in [1.82, 2.24) is 9.55 Å². The Hall–Kier alpha value is -2.69. The summed E-state index contributed by atoms with van der Waals surface area (Å²) in [6.45, 7) is 0.110. The summed E-state index contributed by atoms with van der Waals surface area (Å²) < 4.78 is 14.0. The second kappa shape index (κ2) is 4.77. The van der Waals surface area contributed by atoms with Crippen molar-refractivity contribution in [2.24, 2.45) is 0 Å². The normalized spacial score (nSPS) is 10.8. The van der Waals surface area contributed by atoms with Gasteiger partial charge in [-0.05, 0) is 29.8 Å². The van der Waals surface area contributed by atoms with Gasteiger partial charge in [-0.25, -0.2) is 9.18 Å². The van der Waals surface area contributed by atoms with E-state index in [1.807, 2.05) is 0 Å². The van der Waals surface area contributed by atoms with E-state index in [2.05, 4.69) is 4.98 Å². The fourth-order valence-electron chi connectivity index (χ4n) is 2.11. The number of nitrogens with zero attached hydrogens (tertiary/aromatic N) is 1. The van der Waals surface area contributed by atoms with Gasteiger partial charge in [-0.15, -0.1) is 0 Å². The number of fused-ring (bicyclic) bond motifs is 1. The summed E-state index contributed by atoms with van der Waals surface area (Å²) in [5, 5.41) is 0.453. The number of hydrogen-bond donors (Lipinski definition) is 1. The largest absolute Gasteiger partial charge is 0.329 e. The van der Waals surface area contributed by atoms with Gasteiger partial charge in [-0.3, -0.25) is 9.36 Å². The maximum absolute atomic E-state index is 12.9. The minimum Gasteiger partial charge on any atom is -0.307 e. The summed E-state index contributed by atoms with van der Waals surface area (Å²) in [6.07, 6.45) is 0. The number of hydrogen-bond acceptors (Lipinski definition) is 2. The number of aromatic nitrogens is 2. The number of H-pyrrole nitrogens is 1. The summed E-state index contributed by atoms with van der Waals surface area (Å²) in [4.78, 5) is 26.9. The molecule has 0 aliphatic carbocycles. The lowest BCUT2D eigenvalue weighted by Gasteiger charge is -2.06. The molecule has 1 aromatic heterocycles. The first-order chi connectivity index (χ1) is 9.65. The highest BCUT2D eigenvalue weighted by Gasteiger charge is 2.07. The Morgan fingerprint density at radius 1 is 1.00 bits per heavy atom. The molecule has 0 radical (unpaired) electrons. The topological polar surface area (TPSA) is 54.9 Å². The standard InChI is InChI=1S/C15H11FN2O2/c16-11-7-5-10(6-8-11)9-18-14(19)12-3-1-2-4-13(12)17-15(18)20/h1-8H,9H2,(H,17,20). The van der Waals surface area contributed by atoms with Crippen molar-refractivity contribution in [3.8, 4) is 0 Å². The second-order valence-corrected chi connectivity index (χ2v) is 4.49. The van der Waals surface area contributed by atoms with E-state index in [0.717, 1.165) is 4.57 Å². The molecule has 0 saturated heterocycles. The van der Waals surface area contributed by atoms with Crippen LogP contribution in [-0.2, 0) is 6.54 Å². The first-order valence-electron chi connectivity index (χ1n) is 6.11. The molecule has 0 amide bonds. The van der Waals surface area contributed by atoms with E-state index in [4.69, 9.17) is 0 Å². The predicted octanol–water partition coefficient (Wildman–Crippen LogP) is 1.88. The van der Waals surface area contributed by atoms with Crippen LogP contribution in [-0.4, -0.2) is 9.55 Å². The molecule has 0 unspecified atom stereocenters. The molecule has 3 aromatic rings. The van der Waals surface area contributed by atoms with Crippen LogP contribution in [0.5, 0.6) is 0 Å². The molecular weight excluding hydrogens is 259 g/mol. The van der Waals surface area contributed by atoms with Crippen LogP contribution in [0.15, 0.2) is 58.1 Å². The maximum atomic E-state index is 12.9. The van der Waals surface area contributed by atoms with Crippen LogP contribution in [0, 0.1) is 5.82 Å². The van der Waals surface area contributed by atoms with E-state index in [0.29, 0.717) is 16.5 Å². The smallest absolute Gasteiger partial charge is 0.307 e. The number of halogens is 1. The summed E-state index contributed by atoms with van der Waals surface area (Å²) in [7, 11) is 0. The molecule has 2 aromatic carbocycles. The monoisotopic (exact) mass is 270 g/mol. The van der Waals surface area contributed by atoms with Crippen molar-refractivity contribution >= 4 is 10.9 Å². The number of nitrogens with one attached hydrogen (secondary N) is 1. The molecule has 0 aliphatic heterocycles. The minimum absolute atomic E-state index is 0.110. The molecule has 1 heterocycles. The van der Waals surface area contributed by atoms with Crippen LogP contribution in [0.1, 0.15) is 5.56 Å². The average Bonchev–Trinajstić information content (AvgIpc) is 2.45. The van der Waals surface area contributed by atoms with Gasteiger partial charge in [0.15, 0.2) is 0 Å². The lowest BCUT2D eigenvalue weighted by atomic mass is 10.2. The number of rotatable bonds is 2. The molecule has 3 rings (SSSR count). The van der Waals surface area contributed by atoms with Crippen LogP contribution in [0.25, 0.3) is 10.9 Å². The Morgan fingerprint density at radius 3 is 2.45 bits per heavy atom. The SMILES string of the molecule is O=c1[nH]c2ccccc2c(=O)n1Cc1ccc(F)cc1. The molecule has 1 N–H and O–H groups in total. The third-order valence-electron chi connectivity index (χ3n) is 3.14. The zero-order chi connectivity index (χ0) is 14.1. The molecule has 0 fully saturated rings. The van der Waals surface area contributed by atoms with Gasteiger partial charge in [-0.2, -0.15) is 0 Å². The first kappa shape index (κ1) is 12.3. The fraction of sp³-hybridized carbons (Fsp3) is 0.0667. The van der Waals surface area contributed by atoms with Crippen molar-refractivity contribution in [1.29, 1.82) is 0 Å². The van der Waals surface area contributed by atoms with Crippen molar-refractivity contribution in [2.45, 2.75) is 6.54 Å². The molecule has 5 heteroatoms. The molecule has 20 heavy (non-hydrogen) atoms. The third kappa shape index (κ3) is 2.14. The molecule has 0 atom stereocenters. The zero-order valence-corrected chi connectivity index (χ0v) is 10.5. The van der Waals surface area contributed by atoms with Crippen molar-refractivity contribution < 1.29 is 4.39 Å². The molecule has 4 nitrogen and oxygen atoms in total. The highest BCUT2D eigenvalue weighted by Crippen LogP contribution is 2.06. The summed E-state index contributed by atoms with van der Waals surface area (Å²) in [5.41, 5.74) is 0.374. The maximum Gasteiger partial charge on any atom is 0.329 e. The van der Waals surface area contributed by atoms with E-state index in [1.54, 1.807) is 36.4 Å². The Bertz CT molecular complexity index is 879. The van der Waals surface area contributed by atoms with E-state index < -0.39 is 5.69 Å². The lowest BCUT2D eigenvalue weighted by Crippen LogP contribution is -2.35. The molecule has 0 spiro atoms. The number of benzene rings is 2. The van der Waals surface area contributed by atoms with Gasteiger partial charge in [0.2, 0.25) is 0 Å². The van der Waals surface area contributed by atoms with Crippen molar-refractivity contribution in [3.05, 3.63) is 80.7 Å².